The van der Waals surface area contributed by atoms with Crippen LogP contribution in [0.5, 0.6) is 0 Å². The van der Waals surface area contributed by atoms with E-state index in [1.54, 1.807) is 24.3 Å². The molecule has 3 aromatic rings. The Bertz CT molecular complexity index is 1080. The fraction of sp³-hybridized carbons (Fsp3) is 0.158. The molecular weight excluding hydrogens is 337 g/mol. The molecule has 1 aromatic carbocycles. The monoisotopic (exact) mass is 353 g/mol. The number of pyridine rings is 1. The number of rotatable bonds is 3. The minimum absolute atomic E-state index is 0.0226. The van der Waals surface area contributed by atoms with E-state index in [0.717, 1.165) is 11.1 Å². The molecule has 2 heterocycles. The number of carbonyl (C=O) groups excluding carboxylic acids is 1. The quantitative estimate of drug-likeness (QED) is 0.721. The second-order valence-corrected chi connectivity index (χ2v) is 6.04. The Balaban J connectivity index is 2.12. The predicted octanol–water partition coefficient (Wildman–Crippen LogP) is 1.90. The molecule has 26 heavy (non-hydrogen) atoms. The van der Waals surface area contributed by atoms with E-state index in [4.69, 9.17) is 0 Å². The van der Waals surface area contributed by atoms with Crippen molar-refractivity contribution in [1.29, 1.82) is 0 Å². The summed E-state index contributed by atoms with van der Waals surface area (Å²) in [4.78, 5) is 41.1. The lowest BCUT2D eigenvalue weighted by atomic mass is 10.1. The lowest BCUT2D eigenvalue weighted by Crippen LogP contribution is -2.43. The van der Waals surface area contributed by atoms with Crippen LogP contribution in [0.1, 0.15) is 27.2 Å². The first-order valence-corrected chi connectivity index (χ1v) is 7.91. The van der Waals surface area contributed by atoms with Crippen LogP contribution in [0.2, 0.25) is 0 Å². The van der Waals surface area contributed by atoms with Crippen molar-refractivity contribution in [2.75, 3.05) is 0 Å². The standard InChI is InChI=1S/C19H16FN3O3/c1-12-7-13(2)9-14(8-12)10-22-17(24)15(20)11-23(19(22)26)18(25)16-5-3-4-6-21-16/h3-9,11H,10H2,1-2H3. The third-order valence-corrected chi connectivity index (χ3v) is 3.85. The van der Waals surface area contributed by atoms with Gasteiger partial charge in [0.25, 0.3) is 11.5 Å². The molecule has 0 fully saturated rings. The number of hydrogen-bond donors (Lipinski definition) is 0. The van der Waals surface area contributed by atoms with Gasteiger partial charge in [-0.05, 0) is 31.5 Å². The van der Waals surface area contributed by atoms with Crippen LogP contribution in [0.25, 0.3) is 0 Å². The van der Waals surface area contributed by atoms with Crippen molar-refractivity contribution in [3.05, 3.63) is 97.8 Å². The number of halogens is 1. The summed E-state index contributed by atoms with van der Waals surface area (Å²) in [6.45, 7) is 3.63. The van der Waals surface area contributed by atoms with Gasteiger partial charge in [0, 0.05) is 6.20 Å². The maximum absolute atomic E-state index is 14.1. The Morgan fingerprint density at radius 2 is 1.81 bits per heavy atom. The fourth-order valence-corrected chi connectivity index (χ4v) is 2.81. The predicted molar refractivity (Wildman–Crippen MR) is 93.9 cm³/mol. The Morgan fingerprint density at radius 3 is 2.42 bits per heavy atom. The van der Waals surface area contributed by atoms with Gasteiger partial charge in [0.15, 0.2) is 0 Å². The van der Waals surface area contributed by atoms with Crippen LogP contribution in [-0.2, 0) is 6.54 Å². The summed E-state index contributed by atoms with van der Waals surface area (Å²) in [5.74, 6) is -1.98. The van der Waals surface area contributed by atoms with Crippen molar-refractivity contribution in [2.45, 2.75) is 20.4 Å². The van der Waals surface area contributed by atoms with Gasteiger partial charge < -0.3 is 0 Å². The highest BCUT2D eigenvalue weighted by molar-refractivity contribution is 5.93. The van der Waals surface area contributed by atoms with Crippen molar-refractivity contribution in [2.24, 2.45) is 0 Å². The van der Waals surface area contributed by atoms with Crippen LogP contribution in [0.15, 0.2) is 58.4 Å². The zero-order valence-corrected chi connectivity index (χ0v) is 14.3. The number of nitrogens with zero attached hydrogens (tertiary/aromatic N) is 3. The third kappa shape index (κ3) is 3.37. The van der Waals surface area contributed by atoms with E-state index in [-0.39, 0.29) is 12.2 Å². The lowest BCUT2D eigenvalue weighted by molar-refractivity contribution is 0.0945. The zero-order chi connectivity index (χ0) is 18.8. The van der Waals surface area contributed by atoms with Gasteiger partial charge in [-0.15, -0.1) is 0 Å². The Hall–Kier alpha value is -3.35. The molecule has 0 N–H and O–H groups in total. The highest BCUT2D eigenvalue weighted by Gasteiger charge is 2.18. The number of aromatic nitrogens is 3. The van der Waals surface area contributed by atoms with Crippen molar-refractivity contribution >= 4 is 5.91 Å². The number of aryl methyl sites for hydroxylation is 2. The molecule has 0 amide bonds. The molecule has 0 aliphatic rings. The van der Waals surface area contributed by atoms with Crippen molar-refractivity contribution in [1.82, 2.24) is 14.1 Å². The summed E-state index contributed by atoms with van der Waals surface area (Å²) in [6, 6.07) is 10.1. The van der Waals surface area contributed by atoms with Gasteiger partial charge in [-0.25, -0.2) is 9.36 Å². The van der Waals surface area contributed by atoms with Crippen LogP contribution < -0.4 is 11.2 Å². The molecule has 3 rings (SSSR count). The first-order valence-electron chi connectivity index (χ1n) is 7.91. The second-order valence-electron chi connectivity index (χ2n) is 6.04. The Kier molecular flexibility index (Phi) is 4.62. The van der Waals surface area contributed by atoms with E-state index in [9.17, 15) is 18.8 Å². The normalized spacial score (nSPS) is 10.7. The highest BCUT2D eigenvalue weighted by atomic mass is 19.1. The van der Waals surface area contributed by atoms with Crippen LogP contribution in [0, 0.1) is 19.7 Å². The molecule has 0 saturated heterocycles. The summed E-state index contributed by atoms with van der Waals surface area (Å²) >= 11 is 0. The van der Waals surface area contributed by atoms with E-state index in [0.29, 0.717) is 20.9 Å². The van der Waals surface area contributed by atoms with Gasteiger partial charge in [0.2, 0.25) is 5.82 Å². The van der Waals surface area contributed by atoms with Crippen LogP contribution in [-0.4, -0.2) is 20.0 Å². The van der Waals surface area contributed by atoms with E-state index < -0.39 is 23.0 Å². The molecule has 132 valence electrons. The van der Waals surface area contributed by atoms with Crippen LogP contribution in [0.3, 0.4) is 0 Å². The Labute approximate surface area is 148 Å². The second kappa shape index (κ2) is 6.87. The van der Waals surface area contributed by atoms with Gasteiger partial charge in [0.1, 0.15) is 5.69 Å². The molecular formula is C19H16FN3O3. The highest BCUT2D eigenvalue weighted by Crippen LogP contribution is 2.09. The maximum Gasteiger partial charge on any atom is 0.338 e. The summed E-state index contributed by atoms with van der Waals surface area (Å²) in [6.07, 6.45) is 2.00. The summed E-state index contributed by atoms with van der Waals surface area (Å²) < 4.78 is 15.4. The summed E-state index contributed by atoms with van der Waals surface area (Å²) in [5, 5.41) is 0. The largest absolute Gasteiger partial charge is 0.338 e. The van der Waals surface area contributed by atoms with Crippen LogP contribution in [0.4, 0.5) is 4.39 Å². The van der Waals surface area contributed by atoms with E-state index in [1.807, 2.05) is 19.9 Å². The van der Waals surface area contributed by atoms with Crippen molar-refractivity contribution in [3.8, 4) is 0 Å². The number of benzene rings is 1. The molecule has 0 unspecified atom stereocenters. The SMILES string of the molecule is Cc1cc(C)cc(Cn2c(=O)c(F)cn(C(=O)c3ccccn3)c2=O)c1. The van der Waals surface area contributed by atoms with Gasteiger partial charge in [-0.2, -0.15) is 4.39 Å². The molecule has 0 spiro atoms. The topological polar surface area (TPSA) is 74.0 Å². The van der Waals surface area contributed by atoms with E-state index >= 15 is 0 Å². The summed E-state index contributed by atoms with van der Waals surface area (Å²) in [5.41, 5.74) is 0.573. The first-order chi connectivity index (χ1) is 12.4. The Morgan fingerprint density at radius 1 is 1.12 bits per heavy atom. The van der Waals surface area contributed by atoms with Gasteiger partial charge in [-0.1, -0.05) is 35.4 Å². The van der Waals surface area contributed by atoms with Crippen molar-refractivity contribution in [3.63, 3.8) is 0 Å². The molecule has 6 nitrogen and oxygen atoms in total. The van der Waals surface area contributed by atoms with Crippen LogP contribution >= 0.6 is 0 Å². The first kappa shape index (κ1) is 17.5. The summed E-state index contributed by atoms with van der Waals surface area (Å²) in [7, 11) is 0. The molecule has 7 heteroatoms. The van der Waals surface area contributed by atoms with E-state index in [1.165, 1.54) is 12.3 Å². The molecule has 0 saturated carbocycles. The zero-order valence-electron chi connectivity index (χ0n) is 14.3. The third-order valence-electron chi connectivity index (χ3n) is 3.85. The minimum Gasteiger partial charge on any atom is -0.266 e. The number of hydrogen-bond acceptors (Lipinski definition) is 4. The molecule has 0 atom stereocenters. The number of carbonyl (C=O) groups is 1. The molecule has 0 bridgehead atoms. The van der Waals surface area contributed by atoms with E-state index in [2.05, 4.69) is 4.98 Å². The lowest BCUT2D eigenvalue weighted by Gasteiger charge is -2.10. The van der Waals surface area contributed by atoms with Gasteiger partial charge in [-0.3, -0.25) is 19.1 Å². The maximum atomic E-state index is 14.1. The van der Waals surface area contributed by atoms with Gasteiger partial charge >= 0.3 is 5.69 Å². The molecule has 2 aromatic heterocycles. The smallest absolute Gasteiger partial charge is 0.266 e. The molecule has 0 radical (unpaired) electrons. The van der Waals surface area contributed by atoms with Gasteiger partial charge in [0.05, 0.1) is 12.7 Å². The average Bonchev–Trinajstić information content (AvgIpc) is 2.61. The van der Waals surface area contributed by atoms with Crippen molar-refractivity contribution < 1.29 is 9.18 Å². The average molecular weight is 353 g/mol. The minimum atomic E-state index is -1.18. The fourth-order valence-electron chi connectivity index (χ4n) is 2.81. The molecule has 0 aliphatic carbocycles. The molecule has 0 aliphatic heterocycles.